The summed E-state index contributed by atoms with van der Waals surface area (Å²) >= 11 is 0. The molecule has 0 saturated carbocycles. The van der Waals surface area contributed by atoms with Gasteiger partial charge in [0.1, 0.15) is 11.6 Å². The highest BCUT2D eigenvalue weighted by atomic mass is 19.1. The van der Waals surface area contributed by atoms with Crippen LogP contribution in [0.1, 0.15) is 31.7 Å². The first-order valence-electron chi connectivity index (χ1n) is 5.19. The predicted molar refractivity (Wildman–Crippen MR) is 53.7 cm³/mol. The molecule has 0 amide bonds. The maximum Gasteiger partial charge on any atom is 0.129 e. The van der Waals surface area contributed by atoms with Gasteiger partial charge in [0, 0.05) is 5.56 Å². The summed E-state index contributed by atoms with van der Waals surface area (Å²) in [6.45, 7) is 3.80. The van der Waals surface area contributed by atoms with E-state index in [1.54, 1.807) is 0 Å². The van der Waals surface area contributed by atoms with Gasteiger partial charge in [0.2, 0.25) is 0 Å². The molecule has 15 heavy (non-hydrogen) atoms. The van der Waals surface area contributed by atoms with Crippen LogP contribution in [0.25, 0.3) is 0 Å². The topological polar surface area (TPSA) is 12.5 Å². The fourth-order valence-corrected chi connectivity index (χ4v) is 1.93. The van der Waals surface area contributed by atoms with E-state index >= 15 is 0 Å². The fourth-order valence-electron chi connectivity index (χ4n) is 1.93. The second kappa shape index (κ2) is 3.89. The number of ether oxygens (including phenoxy) is 1. The van der Waals surface area contributed by atoms with Crippen molar-refractivity contribution in [1.29, 1.82) is 0 Å². The smallest absolute Gasteiger partial charge is 0.129 e. The van der Waals surface area contributed by atoms with Gasteiger partial charge in [-0.3, -0.25) is 0 Å². The molecule has 1 aromatic rings. The van der Waals surface area contributed by atoms with Crippen molar-refractivity contribution in [2.24, 2.45) is 0 Å². The monoisotopic (exact) mass is 212 g/mol. The summed E-state index contributed by atoms with van der Waals surface area (Å²) in [5.74, 6) is -1.06. The summed E-state index contributed by atoms with van der Waals surface area (Å²) in [5, 5.41) is 0. The minimum Gasteiger partial charge on any atom is -0.370 e. The number of hydrogen-bond donors (Lipinski definition) is 0. The van der Waals surface area contributed by atoms with E-state index in [2.05, 4.69) is 0 Å². The summed E-state index contributed by atoms with van der Waals surface area (Å²) in [6, 6.07) is 3.98. The SMILES string of the molecule is CC(CC1OC1C)c1c(F)cccc1F. The summed E-state index contributed by atoms with van der Waals surface area (Å²) in [6.07, 6.45) is 1.08. The van der Waals surface area contributed by atoms with Gasteiger partial charge in [-0.05, 0) is 31.4 Å². The van der Waals surface area contributed by atoms with Crippen LogP contribution in [-0.2, 0) is 4.74 Å². The second-order valence-electron chi connectivity index (χ2n) is 4.15. The second-order valence-corrected chi connectivity index (χ2v) is 4.15. The van der Waals surface area contributed by atoms with Crippen molar-refractivity contribution < 1.29 is 13.5 Å². The van der Waals surface area contributed by atoms with Gasteiger partial charge in [0.25, 0.3) is 0 Å². The van der Waals surface area contributed by atoms with E-state index in [1.807, 2.05) is 13.8 Å². The first-order valence-corrected chi connectivity index (χ1v) is 5.19. The Morgan fingerprint density at radius 2 is 1.87 bits per heavy atom. The highest BCUT2D eigenvalue weighted by Gasteiger charge is 2.36. The average molecular weight is 212 g/mol. The number of hydrogen-bond acceptors (Lipinski definition) is 1. The molecule has 82 valence electrons. The number of rotatable bonds is 3. The highest BCUT2D eigenvalue weighted by Crippen LogP contribution is 2.34. The van der Waals surface area contributed by atoms with Gasteiger partial charge in [-0.25, -0.2) is 8.78 Å². The van der Waals surface area contributed by atoms with E-state index in [1.165, 1.54) is 18.2 Å². The molecule has 3 heteroatoms. The zero-order valence-corrected chi connectivity index (χ0v) is 8.84. The molecule has 1 fully saturated rings. The van der Waals surface area contributed by atoms with Crippen LogP contribution in [0.15, 0.2) is 18.2 Å². The lowest BCUT2D eigenvalue weighted by Gasteiger charge is -2.12. The van der Waals surface area contributed by atoms with Gasteiger partial charge in [0.05, 0.1) is 12.2 Å². The van der Waals surface area contributed by atoms with Gasteiger partial charge in [-0.2, -0.15) is 0 Å². The Labute approximate surface area is 88.1 Å². The van der Waals surface area contributed by atoms with Crippen LogP contribution in [-0.4, -0.2) is 12.2 Å². The third-order valence-electron chi connectivity index (χ3n) is 2.91. The van der Waals surface area contributed by atoms with Crippen molar-refractivity contribution >= 4 is 0 Å². The molecule has 1 heterocycles. The van der Waals surface area contributed by atoms with Crippen LogP contribution in [0.2, 0.25) is 0 Å². The Hall–Kier alpha value is -0.960. The molecule has 0 aliphatic carbocycles. The molecule has 3 atom stereocenters. The molecule has 1 nitrogen and oxygen atoms in total. The van der Waals surface area contributed by atoms with Crippen molar-refractivity contribution in [2.45, 2.75) is 38.4 Å². The molecule has 1 aliphatic rings. The molecule has 0 bridgehead atoms. The lowest BCUT2D eigenvalue weighted by atomic mass is 9.94. The van der Waals surface area contributed by atoms with Gasteiger partial charge in [0.15, 0.2) is 0 Å². The minimum atomic E-state index is -0.462. The molecular weight excluding hydrogens is 198 g/mol. The highest BCUT2D eigenvalue weighted by molar-refractivity contribution is 5.23. The molecule has 0 aromatic heterocycles. The molecule has 0 spiro atoms. The first-order chi connectivity index (χ1) is 7.09. The Bertz CT molecular complexity index is 344. The zero-order chi connectivity index (χ0) is 11.0. The predicted octanol–water partition coefficient (Wildman–Crippen LogP) is 3.25. The Morgan fingerprint density at radius 1 is 1.33 bits per heavy atom. The molecule has 1 aromatic carbocycles. The van der Waals surface area contributed by atoms with Crippen molar-refractivity contribution in [2.75, 3.05) is 0 Å². The van der Waals surface area contributed by atoms with Gasteiger partial charge in [-0.15, -0.1) is 0 Å². The molecule has 1 aliphatic heterocycles. The first kappa shape index (κ1) is 10.6. The maximum absolute atomic E-state index is 13.4. The van der Waals surface area contributed by atoms with Crippen molar-refractivity contribution in [1.82, 2.24) is 0 Å². The lowest BCUT2D eigenvalue weighted by molar-refractivity contribution is 0.359. The van der Waals surface area contributed by atoms with Crippen molar-refractivity contribution in [3.8, 4) is 0 Å². The van der Waals surface area contributed by atoms with E-state index in [9.17, 15) is 8.78 Å². The minimum absolute atomic E-state index is 0.138. The summed E-state index contributed by atoms with van der Waals surface area (Å²) in [5.41, 5.74) is 0.181. The molecule has 2 rings (SSSR count). The lowest BCUT2D eigenvalue weighted by Crippen LogP contribution is -2.05. The zero-order valence-electron chi connectivity index (χ0n) is 8.84. The summed E-state index contributed by atoms with van der Waals surface area (Å²) < 4.78 is 32.0. The quantitative estimate of drug-likeness (QED) is 0.701. The Balaban J connectivity index is 2.13. The van der Waals surface area contributed by atoms with Gasteiger partial charge in [-0.1, -0.05) is 13.0 Å². The molecular formula is C12H14F2O. The number of halogens is 2. The third-order valence-corrected chi connectivity index (χ3v) is 2.91. The third kappa shape index (κ3) is 2.17. The van der Waals surface area contributed by atoms with Crippen LogP contribution in [0.3, 0.4) is 0 Å². The normalized spacial score (nSPS) is 26.4. The van der Waals surface area contributed by atoms with Crippen LogP contribution in [0.4, 0.5) is 8.78 Å². The standard InChI is InChI=1S/C12H14F2O/c1-7(6-11-8(2)15-11)12-9(13)4-3-5-10(12)14/h3-5,7-8,11H,6H2,1-2H3. The van der Waals surface area contributed by atoms with E-state index in [0.29, 0.717) is 6.42 Å². The Kier molecular flexibility index (Phi) is 2.74. The van der Waals surface area contributed by atoms with Crippen LogP contribution in [0, 0.1) is 11.6 Å². The van der Waals surface area contributed by atoms with Gasteiger partial charge >= 0.3 is 0 Å². The molecule has 1 saturated heterocycles. The summed E-state index contributed by atoms with van der Waals surface area (Å²) in [7, 11) is 0. The largest absolute Gasteiger partial charge is 0.370 e. The van der Waals surface area contributed by atoms with Crippen LogP contribution >= 0.6 is 0 Å². The fraction of sp³-hybridized carbons (Fsp3) is 0.500. The van der Waals surface area contributed by atoms with Crippen molar-refractivity contribution in [3.05, 3.63) is 35.4 Å². The number of benzene rings is 1. The van der Waals surface area contributed by atoms with Crippen molar-refractivity contribution in [3.63, 3.8) is 0 Å². The maximum atomic E-state index is 13.4. The van der Waals surface area contributed by atoms with Crippen LogP contribution < -0.4 is 0 Å². The van der Waals surface area contributed by atoms with E-state index in [0.717, 1.165) is 0 Å². The molecule has 0 radical (unpaired) electrons. The van der Waals surface area contributed by atoms with E-state index in [4.69, 9.17) is 4.74 Å². The van der Waals surface area contributed by atoms with E-state index in [-0.39, 0.29) is 23.7 Å². The summed E-state index contributed by atoms with van der Waals surface area (Å²) in [4.78, 5) is 0. The number of epoxide rings is 1. The average Bonchev–Trinajstić information content (AvgIpc) is 2.81. The van der Waals surface area contributed by atoms with Crippen LogP contribution in [0.5, 0.6) is 0 Å². The van der Waals surface area contributed by atoms with Gasteiger partial charge < -0.3 is 4.74 Å². The molecule has 3 unspecified atom stereocenters. The Morgan fingerprint density at radius 3 is 2.33 bits per heavy atom. The molecule has 0 N–H and O–H groups in total. The van der Waals surface area contributed by atoms with E-state index < -0.39 is 11.6 Å².